The van der Waals surface area contributed by atoms with Crippen LogP contribution in [-0.4, -0.2) is 42.5 Å². The quantitative estimate of drug-likeness (QED) is 0.808. The van der Waals surface area contributed by atoms with Crippen LogP contribution >= 0.6 is 0 Å². The number of rotatable bonds is 4. The highest BCUT2D eigenvalue weighted by molar-refractivity contribution is 7.89. The lowest BCUT2D eigenvalue weighted by Gasteiger charge is -2.37. The summed E-state index contributed by atoms with van der Waals surface area (Å²) in [6, 6.07) is 8.95. The van der Waals surface area contributed by atoms with Gasteiger partial charge in [0, 0.05) is 43.7 Å². The lowest BCUT2D eigenvalue weighted by molar-refractivity contribution is 0.0956. The fraction of sp³-hybridized carbons (Fsp3) is 0.450. The summed E-state index contributed by atoms with van der Waals surface area (Å²) in [6.07, 6.45) is 7.49. The van der Waals surface area contributed by atoms with Gasteiger partial charge < -0.3 is 9.47 Å². The maximum atomic E-state index is 13.3. The van der Waals surface area contributed by atoms with Crippen LogP contribution in [0.15, 0.2) is 47.6 Å². The monoisotopic (exact) mass is 386 g/mol. The smallest absolute Gasteiger partial charge is 0.243 e. The molecule has 27 heavy (non-hydrogen) atoms. The van der Waals surface area contributed by atoms with Gasteiger partial charge in [0.05, 0.1) is 11.5 Å². The lowest BCUT2D eigenvalue weighted by Crippen LogP contribution is -2.49. The summed E-state index contributed by atoms with van der Waals surface area (Å²) in [7, 11) is -3.50. The van der Waals surface area contributed by atoms with Crippen LogP contribution in [-0.2, 0) is 16.4 Å². The van der Waals surface area contributed by atoms with Crippen molar-refractivity contribution in [2.75, 3.05) is 6.61 Å². The van der Waals surface area contributed by atoms with Crippen molar-refractivity contribution in [2.24, 2.45) is 0 Å². The highest BCUT2D eigenvalue weighted by Crippen LogP contribution is 2.41. The van der Waals surface area contributed by atoms with Crippen molar-refractivity contribution in [1.29, 1.82) is 0 Å². The molecule has 7 heteroatoms. The second-order valence-electron chi connectivity index (χ2n) is 7.48. The van der Waals surface area contributed by atoms with Crippen LogP contribution in [0.3, 0.4) is 0 Å². The van der Waals surface area contributed by atoms with Crippen LogP contribution in [0.25, 0.3) is 0 Å². The van der Waals surface area contributed by atoms with Gasteiger partial charge in [-0.2, -0.15) is 4.31 Å². The van der Waals surface area contributed by atoms with E-state index in [0.29, 0.717) is 11.5 Å². The van der Waals surface area contributed by atoms with Gasteiger partial charge in [-0.25, -0.2) is 8.42 Å². The Bertz CT molecular complexity index is 934. The molecule has 142 valence electrons. The number of hydrogen-bond acceptors (Lipinski definition) is 5. The van der Waals surface area contributed by atoms with Gasteiger partial charge >= 0.3 is 0 Å². The maximum absolute atomic E-state index is 13.3. The highest BCUT2D eigenvalue weighted by Gasteiger charge is 2.48. The molecule has 6 nitrogen and oxygen atoms in total. The topological polar surface area (TPSA) is 68.7 Å². The van der Waals surface area contributed by atoms with Crippen LogP contribution in [0.2, 0.25) is 0 Å². The number of ether oxygens (including phenoxy) is 2. The van der Waals surface area contributed by atoms with Gasteiger partial charge in [0.15, 0.2) is 0 Å². The predicted molar refractivity (Wildman–Crippen MR) is 99.4 cm³/mol. The summed E-state index contributed by atoms with van der Waals surface area (Å²) in [5, 5.41) is 0. The molecule has 0 amide bonds. The Hall–Kier alpha value is -2.12. The zero-order valence-electron chi connectivity index (χ0n) is 15.0. The molecular weight excluding hydrogens is 364 g/mol. The van der Waals surface area contributed by atoms with E-state index in [0.717, 1.165) is 49.2 Å². The molecule has 0 radical (unpaired) electrons. The van der Waals surface area contributed by atoms with Crippen LogP contribution < -0.4 is 9.47 Å². The molecule has 5 rings (SSSR count). The first-order chi connectivity index (χ1) is 13.1. The second kappa shape index (κ2) is 6.49. The first kappa shape index (κ1) is 17.0. The first-order valence-corrected chi connectivity index (χ1v) is 10.9. The minimum Gasteiger partial charge on any atom is -0.493 e. The fourth-order valence-electron chi connectivity index (χ4n) is 4.63. The van der Waals surface area contributed by atoms with Gasteiger partial charge in [0.2, 0.25) is 10.0 Å². The fourth-order valence-corrected chi connectivity index (χ4v) is 6.57. The molecule has 2 bridgehead atoms. The highest BCUT2D eigenvalue weighted by atomic mass is 32.2. The van der Waals surface area contributed by atoms with Crippen molar-refractivity contribution in [3.63, 3.8) is 0 Å². The van der Waals surface area contributed by atoms with Crippen molar-refractivity contribution in [3.05, 3.63) is 48.3 Å². The van der Waals surface area contributed by atoms with E-state index in [1.807, 2.05) is 12.1 Å². The Morgan fingerprint density at radius 1 is 1.07 bits per heavy atom. The molecule has 0 aliphatic carbocycles. The molecule has 3 aliphatic rings. The molecule has 3 aliphatic heterocycles. The number of benzene rings is 1. The molecule has 2 unspecified atom stereocenters. The van der Waals surface area contributed by atoms with E-state index in [9.17, 15) is 8.42 Å². The summed E-state index contributed by atoms with van der Waals surface area (Å²) in [4.78, 5) is 4.39. The van der Waals surface area contributed by atoms with E-state index in [1.165, 1.54) is 0 Å². The average Bonchev–Trinajstić information content (AvgIpc) is 3.25. The molecule has 2 fully saturated rings. The van der Waals surface area contributed by atoms with Gasteiger partial charge in [-0.3, -0.25) is 4.98 Å². The molecule has 2 aromatic rings. The van der Waals surface area contributed by atoms with Crippen molar-refractivity contribution >= 4 is 10.0 Å². The Kier molecular flexibility index (Phi) is 4.09. The number of piperidine rings is 1. The van der Waals surface area contributed by atoms with E-state index >= 15 is 0 Å². The number of pyridine rings is 1. The Morgan fingerprint density at radius 2 is 1.81 bits per heavy atom. The molecular formula is C20H22N2O4S. The Morgan fingerprint density at radius 3 is 2.56 bits per heavy atom. The predicted octanol–water partition coefficient (Wildman–Crippen LogP) is 2.78. The number of fused-ring (bicyclic) bond motifs is 3. The zero-order chi connectivity index (χ0) is 18.4. The number of hydrogen-bond donors (Lipinski definition) is 0. The van der Waals surface area contributed by atoms with Gasteiger partial charge in [-0.15, -0.1) is 0 Å². The zero-order valence-corrected chi connectivity index (χ0v) is 15.8. The molecule has 0 N–H and O–H groups in total. The van der Waals surface area contributed by atoms with Crippen molar-refractivity contribution in [1.82, 2.24) is 9.29 Å². The Labute approximate surface area is 159 Å². The average molecular weight is 386 g/mol. The molecule has 1 aromatic carbocycles. The van der Waals surface area contributed by atoms with Crippen molar-refractivity contribution in [3.8, 4) is 11.5 Å². The van der Waals surface area contributed by atoms with E-state index < -0.39 is 10.0 Å². The third-order valence-electron chi connectivity index (χ3n) is 5.81. The SMILES string of the molecule is O=S(=O)(c1ccc2c(c1)CCO2)N1C2CCC1CC(Oc1ccncc1)C2. The second-order valence-corrected chi connectivity index (χ2v) is 9.33. The van der Waals surface area contributed by atoms with E-state index in [1.54, 1.807) is 34.9 Å². The van der Waals surface area contributed by atoms with E-state index in [4.69, 9.17) is 9.47 Å². The van der Waals surface area contributed by atoms with E-state index in [2.05, 4.69) is 4.98 Å². The molecule has 0 spiro atoms. The van der Waals surface area contributed by atoms with Gasteiger partial charge in [-0.05, 0) is 48.7 Å². The van der Waals surface area contributed by atoms with Crippen LogP contribution in [0.4, 0.5) is 0 Å². The molecule has 0 saturated carbocycles. The Balaban J connectivity index is 1.37. The molecule has 4 heterocycles. The van der Waals surface area contributed by atoms with Crippen LogP contribution in [0, 0.1) is 0 Å². The van der Waals surface area contributed by atoms with Gasteiger partial charge in [-0.1, -0.05) is 0 Å². The van der Waals surface area contributed by atoms with Crippen LogP contribution in [0.5, 0.6) is 11.5 Å². The standard InChI is InChI=1S/C20H22N2O4S/c23-27(24,19-3-4-20-14(11-19)7-10-25-20)22-15-1-2-16(22)13-18(12-15)26-17-5-8-21-9-6-17/h3-6,8-9,11,15-16,18H,1-2,7,10,12-13H2. The van der Waals surface area contributed by atoms with Crippen molar-refractivity contribution in [2.45, 2.75) is 55.2 Å². The van der Waals surface area contributed by atoms with E-state index in [-0.39, 0.29) is 18.2 Å². The summed E-state index contributed by atoms with van der Waals surface area (Å²) in [5.41, 5.74) is 0.985. The lowest BCUT2D eigenvalue weighted by atomic mass is 10.0. The van der Waals surface area contributed by atoms with Crippen molar-refractivity contribution < 1.29 is 17.9 Å². The number of nitrogens with zero attached hydrogens (tertiary/aromatic N) is 2. The van der Waals surface area contributed by atoms with Crippen LogP contribution in [0.1, 0.15) is 31.2 Å². The third-order valence-corrected chi connectivity index (χ3v) is 7.81. The normalized spacial score (nSPS) is 27.2. The number of aromatic nitrogens is 1. The van der Waals surface area contributed by atoms with Gasteiger partial charge in [0.25, 0.3) is 0 Å². The summed E-state index contributed by atoms with van der Waals surface area (Å²) < 4.78 is 40.0. The summed E-state index contributed by atoms with van der Waals surface area (Å²) >= 11 is 0. The summed E-state index contributed by atoms with van der Waals surface area (Å²) in [5.74, 6) is 1.60. The largest absolute Gasteiger partial charge is 0.493 e. The third kappa shape index (κ3) is 2.99. The molecule has 2 saturated heterocycles. The minimum atomic E-state index is -3.50. The summed E-state index contributed by atoms with van der Waals surface area (Å²) in [6.45, 7) is 0.627. The number of sulfonamides is 1. The first-order valence-electron chi connectivity index (χ1n) is 9.47. The molecule has 2 atom stereocenters. The minimum absolute atomic E-state index is 0.00471. The molecule has 1 aromatic heterocycles. The maximum Gasteiger partial charge on any atom is 0.243 e. The van der Waals surface area contributed by atoms with Gasteiger partial charge in [0.1, 0.15) is 17.6 Å².